The van der Waals surface area contributed by atoms with Gasteiger partial charge in [0.05, 0.1) is 13.2 Å². The van der Waals surface area contributed by atoms with E-state index in [2.05, 4.69) is 5.32 Å². The molecule has 0 radical (unpaired) electrons. The molecule has 1 atom stereocenters. The number of rotatable bonds is 6. The molecular formula is C12H13NO4. The molecule has 3 fully saturated rings. The molecule has 0 saturated carbocycles. The van der Waals surface area contributed by atoms with Gasteiger partial charge in [-0.3, -0.25) is 0 Å². The van der Waals surface area contributed by atoms with E-state index in [0.29, 0.717) is 19.3 Å². The first-order chi connectivity index (χ1) is 8.34. The molecule has 1 aromatic carbocycles. The lowest BCUT2D eigenvalue weighted by molar-refractivity contribution is -0.0430. The van der Waals surface area contributed by atoms with E-state index >= 15 is 0 Å². The van der Waals surface area contributed by atoms with Gasteiger partial charge in [-0.15, -0.1) is 0 Å². The first-order valence-electron chi connectivity index (χ1n) is 5.78. The number of hydrogen-bond acceptors (Lipinski definition) is 5. The molecule has 90 valence electrons. The van der Waals surface area contributed by atoms with Gasteiger partial charge in [-0.05, 0) is 24.3 Å². The number of fused-ring (bicyclic) bond motifs is 1. The van der Waals surface area contributed by atoms with Crippen molar-refractivity contribution in [2.75, 3.05) is 25.1 Å². The van der Waals surface area contributed by atoms with Crippen molar-refractivity contribution in [3.63, 3.8) is 0 Å². The number of hydrogen-bond donors (Lipinski definition) is 1. The van der Waals surface area contributed by atoms with Crippen LogP contribution in [0.4, 0.5) is 5.69 Å². The van der Waals surface area contributed by atoms with Gasteiger partial charge in [0.2, 0.25) is 12.1 Å². The third-order valence-electron chi connectivity index (χ3n) is 3.09. The first kappa shape index (κ1) is 9.70. The van der Waals surface area contributed by atoms with Gasteiger partial charge in [-0.25, -0.2) is 0 Å². The quantitative estimate of drug-likeness (QED) is 0.744. The highest BCUT2D eigenvalue weighted by atomic mass is 17.0. The number of epoxide rings is 3. The van der Waals surface area contributed by atoms with Gasteiger partial charge in [0.25, 0.3) is 0 Å². The van der Waals surface area contributed by atoms with Crippen LogP contribution in [0, 0.1) is 0 Å². The van der Waals surface area contributed by atoms with Crippen LogP contribution in [0.2, 0.25) is 0 Å². The van der Waals surface area contributed by atoms with E-state index < -0.39 is 0 Å². The van der Waals surface area contributed by atoms with Crippen LogP contribution >= 0.6 is 0 Å². The Morgan fingerprint density at radius 1 is 1.29 bits per heavy atom. The summed E-state index contributed by atoms with van der Waals surface area (Å²) in [6, 6.07) is 7.86. The molecular weight excluding hydrogens is 222 g/mol. The lowest BCUT2D eigenvalue weighted by Gasteiger charge is -2.08. The molecule has 1 N–H and O–H groups in total. The first-order valence-corrected chi connectivity index (χ1v) is 5.78. The van der Waals surface area contributed by atoms with Crippen molar-refractivity contribution in [3.8, 4) is 5.75 Å². The van der Waals surface area contributed by atoms with Crippen molar-refractivity contribution in [1.82, 2.24) is 0 Å². The summed E-state index contributed by atoms with van der Waals surface area (Å²) in [5, 5.41) is 3.26. The predicted molar refractivity (Wildman–Crippen MR) is 58.9 cm³/mol. The summed E-state index contributed by atoms with van der Waals surface area (Å²) in [4.78, 5) is 0. The number of benzene rings is 1. The van der Waals surface area contributed by atoms with Crippen LogP contribution in [-0.2, 0) is 14.2 Å². The van der Waals surface area contributed by atoms with Crippen molar-refractivity contribution in [2.45, 2.75) is 18.2 Å². The lowest BCUT2D eigenvalue weighted by atomic mass is 10.3. The zero-order valence-electron chi connectivity index (χ0n) is 9.22. The Labute approximate surface area is 98.6 Å². The van der Waals surface area contributed by atoms with Gasteiger partial charge in [-0.2, -0.15) is 0 Å². The Kier molecular flexibility index (Phi) is 1.91. The molecule has 4 rings (SSSR count). The van der Waals surface area contributed by atoms with Crippen molar-refractivity contribution in [2.24, 2.45) is 0 Å². The highest BCUT2D eigenvalue weighted by molar-refractivity contribution is 5.47. The number of nitrogens with one attached hydrogen (secondary N) is 1. The van der Waals surface area contributed by atoms with E-state index in [1.165, 1.54) is 0 Å². The molecule has 3 heterocycles. The fraction of sp³-hybridized carbons (Fsp3) is 0.500. The molecule has 3 saturated heterocycles. The van der Waals surface area contributed by atoms with Gasteiger partial charge in [0.1, 0.15) is 18.5 Å². The second-order valence-corrected chi connectivity index (χ2v) is 4.52. The summed E-state index contributed by atoms with van der Waals surface area (Å²) in [6.45, 7) is 2.16. The molecule has 3 aliphatic heterocycles. The Morgan fingerprint density at radius 2 is 2.00 bits per heavy atom. The van der Waals surface area contributed by atoms with Crippen molar-refractivity contribution in [1.29, 1.82) is 0 Å². The van der Waals surface area contributed by atoms with E-state index in [1.54, 1.807) is 0 Å². The Bertz CT molecular complexity index is 423. The standard InChI is InChI=1S/C12H13NO4/c1-3-9(14-5-10-6-15-10)4-2-8(1)13-7-12-11(16-12)17-12/h1-4,10-11,13H,5-7H2. The van der Waals surface area contributed by atoms with Crippen LogP contribution in [-0.4, -0.2) is 37.9 Å². The fourth-order valence-corrected chi connectivity index (χ4v) is 1.72. The summed E-state index contributed by atoms with van der Waals surface area (Å²) in [7, 11) is 0. The second kappa shape index (κ2) is 3.35. The SMILES string of the molecule is c1cc(OCC2CO2)ccc1NCC12OC1O2. The Balaban J connectivity index is 1.29. The number of ether oxygens (including phenoxy) is 4. The van der Waals surface area contributed by atoms with E-state index in [9.17, 15) is 0 Å². The second-order valence-electron chi connectivity index (χ2n) is 4.52. The molecule has 3 aliphatic rings. The molecule has 17 heavy (non-hydrogen) atoms. The van der Waals surface area contributed by atoms with Gasteiger partial charge in [0, 0.05) is 5.69 Å². The fourth-order valence-electron chi connectivity index (χ4n) is 1.72. The minimum atomic E-state index is -0.293. The smallest absolute Gasteiger partial charge is 0.243 e. The largest absolute Gasteiger partial charge is 0.491 e. The normalized spacial score (nSPS) is 36.0. The lowest BCUT2D eigenvalue weighted by Crippen LogP contribution is -2.14. The average Bonchev–Trinajstić information content (AvgIpc) is 3.17. The van der Waals surface area contributed by atoms with Gasteiger partial charge < -0.3 is 24.3 Å². The molecule has 1 unspecified atom stereocenters. The van der Waals surface area contributed by atoms with Gasteiger partial charge >= 0.3 is 0 Å². The molecule has 0 aliphatic carbocycles. The zero-order chi connectivity index (χ0) is 11.3. The highest BCUT2D eigenvalue weighted by Crippen LogP contribution is 2.55. The van der Waals surface area contributed by atoms with Crippen molar-refractivity contribution >= 4 is 5.69 Å². The maximum atomic E-state index is 5.55. The van der Waals surface area contributed by atoms with E-state index in [-0.39, 0.29) is 12.1 Å². The molecule has 0 aromatic heterocycles. The van der Waals surface area contributed by atoms with E-state index in [0.717, 1.165) is 18.0 Å². The van der Waals surface area contributed by atoms with Crippen LogP contribution in [0.3, 0.4) is 0 Å². The van der Waals surface area contributed by atoms with Crippen LogP contribution in [0.25, 0.3) is 0 Å². The molecule has 1 aromatic rings. The number of anilines is 1. The van der Waals surface area contributed by atoms with Crippen molar-refractivity contribution in [3.05, 3.63) is 24.3 Å². The molecule has 0 bridgehead atoms. The zero-order valence-corrected chi connectivity index (χ0v) is 9.22. The summed E-state index contributed by atoms with van der Waals surface area (Å²) in [6.07, 6.45) is 0.346. The van der Waals surface area contributed by atoms with Crippen LogP contribution in [0.15, 0.2) is 24.3 Å². The topological polar surface area (TPSA) is 58.9 Å². The monoisotopic (exact) mass is 235 g/mol. The highest BCUT2D eigenvalue weighted by Gasteiger charge is 2.77. The summed E-state index contributed by atoms with van der Waals surface area (Å²) in [5.74, 6) is 0.575. The maximum absolute atomic E-state index is 5.55. The minimum absolute atomic E-state index is 0.0520. The molecule has 0 amide bonds. The van der Waals surface area contributed by atoms with Gasteiger partial charge in [0.15, 0.2) is 0 Å². The van der Waals surface area contributed by atoms with E-state index in [4.69, 9.17) is 18.9 Å². The Morgan fingerprint density at radius 3 is 2.59 bits per heavy atom. The Hall–Kier alpha value is -1.30. The third-order valence-corrected chi connectivity index (χ3v) is 3.09. The summed E-state index contributed by atoms with van der Waals surface area (Å²) < 4.78 is 21.0. The summed E-state index contributed by atoms with van der Waals surface area (Å²) >= 11 is 0. The van der Waals surface area contributed by atoms with Gasteiger partial charge in [-0.1, -0.05) is 0 Å². The van der Waals surface area contributed by atoms with E-state index in [1.807, 2.05) is 24.3 Å². The molecule has 0 spiro atoms. The summed E-state index contributed by atoms with van der Waals surface area (Å²) in [5.41, 5.74) is 1.04. The minimum Gasteiger partial charge on any atom is -0.491 e. The third kappa shape index (κ3) is 1.97. The van der Waals surface area contributed by atoms with Crippen molar-refractivity contribution < 1.29 is 18.9 Å². The predicted octanol–water partition coefficient (Wildman–Crippen LogP) is 0.959. The van der Waals surface area contributed by atoms with Crippen LogP contribution in [0.5, 0.6) is 5.75 Å². The van der Waals surface area contributed by atoms with Crippen LogP contribution < -0.4 is 10.1 Å². The van der Waals surface area contributed by atoms with Crippen LogP contribution in [0.1, 0.15) is 0 Å². The molecule has 5 heteroatoms. The average molecular weight is 235 g/mol. The maximum Gasteiger partial charge on any atom is 0.243 e. The molecule has 5 nitrogen and oxygen atoms in total.